The average molecular weight is 262 g/mol. The van der Waals surface area contributed by atoms with Crippen LogP contribution in [-0.2, 0) is 14.4 Å². The third-order valence-corrected chi connectivity index (χ3v) is 3.45. The lowest BCUT2D eigenvalue weighted by Crippen LogP contribution is -2.43. The fourth-order valence-electron chi connectivity index (χ4n) is 2.55. The van der Waals surface area contributed by atoms with Crippen molar-refractivity contribution in [3.05, 3.63) is 23.0 Å². The normalized spacial score (nSPS) is 21.5. The monoisotopic (exact) mass is 262 g/mol. The molecule has 2 N–H and O–H groups in total. The van der Waals surface area contributed by atoms with Crippen LogP contribution in [0.15, 0.2) is 23.0 Å². The lowest BCUT2D eigenvalue weighted by atomic mass is 9.73. The third kappa shape index (κ3) is 2.45. The summed E-state index contributed by atoms with van der Waals surface area (Å²) in [7, 11) is 0. The van der Waals surface area contributed by atoms with Crippen molar-refractivity contribution in [2.45, 2.75) is 40.0 Å². The third-order valence-electron chi connectivity index (χ3n) is 3.45. The van der Waals surface area contributed by atoms with Gasteiger partial charge in [0.15, 0.2) is 0 Å². The molecule has 5 nitrogen and oxygen atoms in total. The summed E-state index contributed by atoms with van der Waals surface area (Å²) >= 11 is 0. The first-order valence-corrected chi connectivity index (χ1v) is 6.43. The van der Waals surface area contributed by atoms with Crippen molar-refractivity contribution in [2.24, 2.45) is 5.41 Å². The van der Waals surface area contributed by atoms with Gasteiger partial charge in [0.05, 0.1) is 5.70 Å². The van der Waals surface area contributed by atoms with Crippen LogP contribution in [0, 0.1) is 5.41 Å². The zero-order valence-electron chi connectivity index (χ0n) is 11.4. The van der Waals surface area contributed by atoms with Gasteiger partial charge in [0, 0.05) is 35.9 Å². The van der Waals surface area contributed by atoms with Gasteiger partial charge in [-0.3, -0.25) is 14.4 Å². The molecule has 5 heteroatoms. The Hall–Kier alpha value is -1.91. The van der Waals surface area contributed by atoms with Gasteiger partial charge in [-0.2, -0.15) is 0 Å². The van der Waals surface area contributed by atoms with Crippen LogP contribution in [-0.4, -0.2) is 17.6 Å². The summed E-state index contributed by atoms with van der Waals surface area (Å²) in [5.41, 5.74) is 1.11. The maximum absolute atomic E-state index is 12.4. The highest BCUT2D eigenvalue weighted by atomic mass is 16.2. The van der Waals surface area contributed by atoms with Crippen LogP contribution in [0.4, 0.5) is 0 Å². The van der Waals surface area contributed by atoms with Crippen molar-refractivity contribution in [1.82, 2.24) is 10.6 Å². The van der Waals surface area contributed by atoms with E-state index < -0.39 is 5.41 Å². The summed E-state index contributed by atoms with van der Waals surface area (Å²) in [5.74, 6) is -0.430. The Kier molecular flexibility index (Phi) is 3.30. The lowest BCUT2D eigenvalue weighted by molar-refractivity contribution is -0.124. The highest BCUT2D eigenvalue weighted by molar-refractivity contribution is 6.13. The number of hydrogen-bond donors (Lipinski definition) is 2. The van der Waals surface area contributed by atoms with Crippen LogP contribution in [0.2, 0.25) is 0 Å². The van der Waals surface area contributed by atoms with Crippen molar-refractivity contribution in [1.29, 1.82) is 0 Å². The van der Waals surface area contributed by atoms with Gasteiger partial charge in [0.2, 0.25) is 17.6 Å². The predicted octanol–water partition coefficient (Wildman–Crippen LogP) is 1.17. The molecule has 19 heavy (non-hydrogen) atoms. The fourth-order valence-corrected chi connectivity index (χ4v) is 2.55. The summed E-state index contributed by atoms with van der Waals surface area (Å²) < 4.78 is 0. The SMILES string of the molecule is CCC(=O)NC1=CCC2=C(C1=O)C(C)(C)CC(=O)N2. The molecular weight excluding hydrogens is 244 g/mol. The summed E-state index contributed by atoms with van der Waals surface area (Å²) in [6, 6.07) is 0. The summed E-state index contributed by atoms with van der Waals surface area (Å²) in [5, 5.41) is 5.38. The van der Waals surface area contributed by atoms with Crippen molar-refractivity contribution in [3.8, 4) is 0 Å². The number of carbonyl (C=O) groups is 3. The lowest BCUT2D eigenvalue weighted by Gasteiger charge is -2.36. The van der Waals surface area contributed by atoms with E-state index in [1.807, 2.05) is 13.8 Å². The van der Waals surface area contributed by atoms with E-state index in [-0.39, 0.29) is 24.0 Å². The molecule has 0 bridgehead atoms. The van der Waals surface area contributed by atoms with E-state index in [1.165, 1.54) is 0 Å². The quantitative estimate of drug-likeness (QED) is 0.784. The van der Waals surface area contributed by atoms with Gasteiger partial charge in [-0.05, 0) is 0 Å². The summed E-state index contributed by atoms with van der Waals surface area (Å²) in [6.07, 6.45) is 2.75. The molecule has 0 saturated carbocycles. The number of hydrogen-bond acceptors (Lipinski definition) is 3. The van der Waals surface area contributed by atoms with Crippen LogP contribution in [0.3, 0.4) is 0 Å². The maximum Gasteiger partial charge on any atom is 0.225 e. The van der Waals surface area contributed by atoms with Crippen molar-refractivity contribution >= 4 is 17.6 Å². The van der Waals surface area contributed by atoms with Crippen molar-refractivity contribution in [2.75, 3.05) is 0 Å². The molecule has 0 aromatic heterocycles. The predicted molar refractivity (Wildman–Crippen MR) is 69.7 cm³/mol. The summed E-state index contributed by atoms with van der Waals surface area (Å²) in [6.45, 7) is 5.49. The zero-order valence-corrected chi connectivity index (χ0v) is 11.4. The Labute approximate surface area is 112 Å². The van der Waals surface area contributed by atoms with Gasteiger partial charge in [0.1, 0.15) is 0 Å². The molecule has 2 rings (SSSR count). The first kappa shape index (κ1) is 13.5. The first-order valence-electron chi connectivity index (χ1n) is 6.43. The number of carbonyl (C=O) groups excluding carboxylic acids is 3. The molecular formula is C14H18N2O3. The summed E-state index contributed by atoms with van der Waals surface area (Å²) in [4.78, 5) is 35.4. The van der Waals surface area contributed by atoms with Crippen LogP contribution < -0.4 is 10.6 Å². The largest absolute Gasteiger partial charge is 0.329 e. The second kappa shape index (κ2) is 4.64. The Bertz CT molecular complexity index is 527. The van der Waals surface area contributed by atoms with Gasteiger partial charge < -0.3 is 10.6 Å². The van der Waals surface area contributed by atoms with Gasteiger partial charge in [-0.15, -0.1) is 0 Å². The maximum atomic E-state index is 12.4. The van der Waals surface area contributed by atoms with Crippen LogP contribution in [0.25, 0.3) is 0 Å². The van der Waals surface area contributed by atoms with Crippen LogP contribution >= 0.6 is 0 Å². The van der Waals surface area contributed by atoms with Gasteiger partial charge in [0.25, 0.3) is 0 Å². The molecule has 2 amide bonds. The van der Waals surface area contributed by atoms with Gasteiger partial charge in [-0.25, -0.2) is 0 Å². The smallest absolute Gasteiger partial charge is 0.225 e. The highest BCUT2D eigenvalue weighted by Gasteiger charge is 2.40. The van der Waals surface area contributed by atoms with E-state index in [0.717, 1.165) is 0 Å². The molecule has 0 aromatic carbocycles. The molecule has 0 atom stereocenters. The van der Waals surface area contributed by atoms with Crippen LogP contribution in [0.1, 0.15) is 40.0 Å². The topological polar surface area (TPSA) is 75.3 Å². The van der Waals surface area contributed by atoms with E-state index in [2.05, 4.69) is 10.6 Å². The molecule has 1 heterocycles. The molecule has 0 aromatic rings. The minimum absolute atomic E-state index is 0.0639. The van der Waals surface area contributed by atoms with Crippen molar-refractivity contribution < 1.29 is 14.4 Å². The Morgan fingerprint density at radius 2 is 2.11 bits per heavy atom. The van der Waals surface area contributed by atoms with Gasteiger partial charge in [-0.1, -0.05) is 26.8 Å². The minimum atomic E-state index is -0.495. The minimum Gasteiger partial charge on any atom is -0.329 e. The molecule has 0 fully saturated rings. The molecule has 0 saturated heterocycles. The van der Waals surface area contributed by atoms with Crippen LogP contribution in [0.5, 0.6) is 0 Å². The van der Waals surface area contributed by atoms with Gasteiger partial charge >= 0.3 is 0 Å². The number of amides is 2. The van der Waals surface area contributed by atoms with E-state index >= 15 is 0 Å². The number of rotatable bonds is 2. The Balaban J connectivity index is 2.31. The Morgan fingerprint density at radius 3 is 2.74 bits per heavy atom. The number of allylic oxidation sites excluding steroid dienone is 2. The van der Waals surface area contributed by atoms with E-state index in [9.17, 15) is 14.4 Å². The molecule has 2 aliphatic rings. The number of ketones is 1. The molecule has 1 aliphatic carbocycles. The van der Waals surface area contributed by atoms with E-state index in [4.69, 9.17) is 0 Å². The zero-order chi connectivity index (χ0) is 14.2. The second-order valence-corrected chi connectivity index (χ2v) is 5.52. The van der Waals surface area contributed by atoms with E-state index in [0.29, 0.717) is 29.8 Å². The molecule has 0 radical (unpaired) electrons. The molecule has 102 valence electrons. The van der Waals surface area contributed by atoms with E-state index in [1.54, 1.807) is 13.0 Å². The standard InChI is InChI=1S/C14H18N2O3/c1-4-10(17)16-9-6-5-8-12(13(9)19)14(2,3)7-11(18)15-8/h6H,4-5,7H2,1-3H3,(H,15,18)(H,16,17). The molecule has 0 spiro atoms. The molecule has 0 unspecified atom stereocenters. The number of Topliss-reactive ketones (excluding diaryl/α,β-unsaturated/α-hetero) is 1. The molecule has 1 aliphatic heterocycles. The first-order chi connectivity index (χ1) is 8.85. The van der Waals surface area contributed by atoms with Crippen molar-refractivity contribution in [3.63, 3.8) is 0 Å². The second-order valence-electron chi connectivity index (χ2n) is 5.52. The Morgan fingerprint density at radius 1 is 1.42 bits per heavy atom. The highest BCUT2D eigenvalue weighted by Crippen LogP contribution is 2.39. The average Bonchev–Trinajstić information content (AvgIpc) is 2.30. The number of nitrogens with one attached hydrogen (secondary N) is 2. The fraction of sp³-hybridized carbons (Fsp3) is 0.500.